The van der Waals surface area contributed by atoms with E-state index in [0.29, 0.717) is 13.0 Å². The number of rotatable bonds is 3. The van der Waals surface area contributed by atoms with Crippen molar-refractivity contribution >= 4 is 17.3 Å². The van der Waals surface area contributed by atoms with Gasteiger partial charge in [0.25, 0.3) is 0 Å². The van der Waals surface area contributed by atoms with Crippen molar-refractivity contribution in [1.82, 2.24) is 4.98 Å². The van der Waals surface area contributed by atoms with Crippen LogP contribution < -0.4 is 0 Å². The quantitative estimate of drug-likeness (QED) is 0.602. The molecule has 3 nitrogen and oxygen atoms in total. The Labute approximate surface area is 89.4 Å². The molecule has 0 N–H and O–H groups in total. The molecular weight excluding hydrogens is 346 g/mol. The Morgan fingerprint density at radius 2 is 2.58 bits per heavy atom. The number of aromatic nitrogens is 1. The second-order valence-corrected chi connectivity index (χ2v) is 2.81. The van der Waals surface area contributed by atoms with Crippen molar-refractivity contribution < 1.29 is 30.6 Å². The Hall–Kier alpha value is -0.212. The molecule has 66 valence electrons. The van der Waals surface area contributed by atoms with E-state index in [-0.39, 0.29) is 27.0 Å². The molecule has 0 atom stereocenters. The number of nitrogens with zero attached hydrogens (tertiary/aromatic N) is 1. The Kier molecular flexibility index (Phi) is 6.21. The number of carbonyl (C=O) groups excluding carboxylic acids is 1. The summed E-state index contributed by atoms with van der Waals surface area (Å²) < 4.78 is 4.74. The zero-order valence-electron chi connectivity index (χ0n) is 6.57. The molecule has 12 heavy (non-hydrogen) atoms. The van der Waals surface area contributed by atoms with Gasteiger partial charge in [0.05, 0.1) is 13.0 Å². The minimum atomic E-state index is -0.215. The fourth-order valence-electron chi connectivity index (χ4n) is 0.639. The fourth-order valence-corrected chi connectivity index (χ4v) is 1.18. The van der Waals surface area contributed by atoms with Crippen LogP contribution in [0.2, 0.25) is 0 Å². The summed E-state index contributed by atoms with van der Waals surface area (Å²) in [7, 11) is 0. The van der Waals surface area contributed by atoms with E-state index in [4.69, 9.17) is 4.74 Å². The number of esters is 1. The number of hydrogen-bond donors (Lipinski definition) is 0. The van der Waals surface area contributed by atoms with E-state index in [1.165, 1.54) is 11.3 Å². The molecule has 0 aliphatic carbocycles. The van der Waals surface area contributed by atoms with E-state index in [1.54, 1.807) is 12.4 Å². The van der Waals surface area contributed by atoms with Gasteiger partial charge < -0.3 is 9.72 Å². The van der Waals surface area contributed by atoms with E-state index in [1.807, 2.05) is 0 Å². The fraction of sp³-hybridized carbons (Fsp3) is 0.429. The van der Waals surface area contributed by atoms with Crippen molar-refractivity contribution in [3.05, 3.63) is 16.6 Å². The summed E-state index contributed by atoms with van der Waals surface area (Å²) in [6, 6.07) is 0. The van der Waals surface area contributed by atoms with Crippen LogP contribution in [0.5, 0.6) is 0 Å². The normalized spacial score (nSPS) is 8.75. The maximum atomic E-state index is 10.8. The van der Waals surface area contributed by atoms with Crippen molar-refractivity contribution in [2.24, 2.45) is 0 Å². The van der Waals surface area contributed by atoms with Crippen molar-refractivity contribution in [3.8, 4) is 0 Å². The molecule has 5 heteroatoms. The first-order valence-corrected chi connectivity index (χ1v) is 4.16. The minimum absolute atomic E-state index is 0. The standard InChI is InChI=1S/C7H8NO2S.W/c1-2-10-7(9)3-6-4-8-5-11-6;/h5H,2-3H2,1H3;/q-1;. The third-order valence-electron chi connectivity index (χ3n) is 1.05. The molecular formula is C7H8NO2SW-. The molecule has 0 amide bonds. The smallest absolute Gasteiger partial charge is 0.309 e. The Morgan fingerprint density at radius 3 is 3.08 bits per heavy atom. The zero-order valence-corrected chi connectivity index (χ0v) is 10.3. The number of hydrogen-bond acceptors (Lipinski definition) is 4. The largest absolute Gasteiger partial charge is 0.466 e. The first-order valence-electron chi connectivity index (χ1n) is 3.28. The summed E-state index contributed by atoms with van der Waals surface area (Å²) in [6.07, 6.45) is 2.98. The second-order valence-electron chi connectivity index (χ2n) is 1.87. The van der Waals surface area contributed by atoms with Crippen LogP contribution in [0.25, 0.3) is 0 Å². The molecule has 0 aliphatic rings. The molecule has 1 aromatic rings. The van der Waals surface area contributed by atoms with Gasteiger partial charge in [-0.15, -0.1) is 6.20 Å². The average molecular weight is 354 g/mol. The molecule has 1 aromatic heterocycles. The third kappa shape index (κ3) is 3.98. The average Bonchev–Trinajstić information content (AvgIpc) is 2.40. The molecule has 0 unspecified atom stereocenters. The SMILES string of the molecule is CCOC(=O)Cc1[c-]ncs1.[W]. The monoisotopic (exact) mass is 354 g/mol. The van der Waals surface area contributed by atoms with Gasteiger partial charge in [0.15, 0.2) is 0 Å². The van der Waals surface area contributed by atoms with Gasteiger partial charge in [-0.05, 0) is 6.92 Å². The van der Waals surface area contributed by atoms with Crippen molar-refractivity contribution in [2.75, 3.05) is 6.61 Å². The van der Waals surface area contributed by atoms with Crippen LogP contribution in [0.3, 0.4) is 0 Å². The number of thiazole rings is 1. The van der Waals surface area contributed by atoms with Gasteiger partial charge in [0.1, 0.15) is 0 Å². The molecule has 0 aliphatic heterocycles. The van der Waals surface area contributed by atoms with Gasteiger partial charge in [-0.2, -0.15) is 0 Å². The van der Waals surface area contributed by atoms with E-state index in [9.17, 15) is 4.79 Å². The van der Waals surface area contributed by atoms with E-state index >= 15 is 0 Å². The van der Waals surface area contributed by atoms with Crippen molar-refractivity contribution in [3.63, 3.8) is 0 Å². The molecule has 1 heterocycles. The molecule has 1 rings (SSSR count). The summed E-state index contributed by atoms with van der Waals surface area (Å²) in [6.45, 7) is 2.21. The first kappa shape index (κ1) is 11.8. The molecule has 0 saturated carbocycles. The minimum Gasteiger partial charge on any atom is -0.466 e. The van der Waals surface area contributed by atoms with Crippen LogP contribution >= 0.6 is 11.3 Å². The first-order chi connectivity index (χ1) is 5.33. The molecule has 0 spiro atoms. The Bertz CT molecular complexity index is 225. The van der Waals surface area contributed by atoms with E-state index in [0.717, 1.165) is 4.88 Å². The maximum Gasteiger partial charge on any atom is 0.309 e. The summed E-state index contributed by atoms with van der Waals surface area (Å²) in [5, 5.41) is 0. The van der Waals surface area contributed by atoms with Gasteiger partial charge >= 0.3 is 5.97 Å². The third-order valence-corrected chi connectivity index (χ3v) is 1.78. The molecule has 0 radical (unpaired) electrons. The molecule has 0 bridgehead atoms. The Balaban J connectivity index is 0.00000121. The molecule has 0 saturated heterocycles. The van der Waals surface area contributed by atoms with Crippen LogP contribution in [0.1, 0.15) is 11.8 Å². The van der Waals surface area contributed by atoms with Gasteiger partial charge in [-0.3, -0.25) is 4.79 Å². The van der Waals surface area contributed by atoms with Gasteiger partial charge in [0, 0.05) is 21.1 Å². The van der Waals surface area contributed by atoms with E-state index < -0.39 is 0 Å². The predicted molar refractivity (Wildman–Crippen MR) is 41.3 cm³/mol. The molecule has 0 fully saturated rings. The molecule has 0 aromatic carbocycles. The summed E-state index contributed by atoms with van der Waals surface area (Å²) >= 11 is 1.41. The topological polar surface area (TPSA) is 39.2 Å². The second kappa shape index (κ2) is 6.32. The summed E-state index contributed by atoms with van der Waals surface area (Å²) in [5.41, 5.74) is 1.65. The summed E-state index contributed by atoms with van der Waals surface area (Å²) in [5.74, 6) is -0.215. The Morgan fingerprint density at radius 1 is 1.83 bits per heavy atom. The van der Waals surface area contributed by atoms with Crippen molar-refractivity contribution in [2.45, 2.75) is 13.3 Å². The van der Waals surface area contributed by atoms with Crippen molar-refractivity contribution in [1.29, 1.82) is 0 Å². The van der Waals surface area contributed by atoms with Crippen LogP contribution in [-0.4, -0.2) is 17.6 Å². The number of carbonyl (C=O) groups is 1. The van der Waals surface area contributed by atoms with E-state index in [2.05, 4.69) is 11.2 Å². The zero-order chi connectivity index (χ0) is 8.10. The predicted octanol–water partition coefficient (Wildman–Crippen LogP) is 1.05. The van der Waals surface area contributed by atoms with Gasteiger partial charge in [-0.1, -0.05) is 10.4 Å². The van der Waals surface area contributed by atoms with Crippen LogP contribution in [0, 0.1) is 6.20 Å². The van der Waals surface area contributed by atoms with Crippen LogP contribution in [0.15, 0.2) is 5.51 Å². The van der Waals surface area contributed by atoms with Crippen LogP contribution in [0.4, 0.5) is 0 Å². The maximum absolute atomic E-state index is 10.8. The number of ether oxygens (including phenoxy) is 1. The van der Waals surface area contributed by atoms with Crippen LogP contribution in [-0.2, 0) is 37.0 Å². The summed E-state index contributed by atoms with van der Waals surface area (Å²) in [4.78, 5) is 15.4. The van der Waals surface area contributed by atoms with Gasteiger partial charge in [0.2, 0.25) is 0 Å². The van der Waals surface area contributed by atoms with Gasteiger partial charge in [-0.25, -0.2) is 11.3 Å².